The third kappa shape index (κ3) is 8.72. The van der Waals surface area contributed by atoms with Crippen molar-refractivity contribution in [2.24, 2.45) is 0 Å². The maximum Gasteiger partial charge on any atom is 0.242 e. The standard InChI is InChI=1S/C30H36ClN3O5S/c1-4-39-28-14-9-8-13-26(28)34(40(3,37)38)20-10-15-29(35)33(22-24-16-18-25(31)19-17-24)27(30(36)32-2)21-23-11-6-5-7-12-23/h5-9,11-14,16-19,27H,4,10,15,20-22H2,1-3H3,(H,32,36)/t27-/m1/s1. The highest BCUT2D eigenvalue weighted by molar-refractivity contribution is 7.92. The average Bonchev–Trinajstić information content (AvgIpc) is 2.94. The Morgan fingerprint density at radius 3 is 2.23 bits per heavy atom. The van der Waals surface area contributed by atoms with E-state index < -0.39 is 16.1 Å². The van der Waals surface area contributed by atoms with Gasteiger partial charge in [0.15, 0.2) is 0 Å². The molecule has 0 aliphatic carbocycles. The Bertz CT molecular complexity index is 1370. The van der Waals surface area contributed by atoms with Crippen LogP contribution in [-0.2, 0) is 32.6 Å². The van der Waals surface area contributed by atoms with E-state index in [1.165, 1.54) is 4.31 Å². The summed E-state index contributed by atoms with van der Waals surface area (Å²) in [5.74, 6) is -0.0887. The van der Waals surface area contributed by atoms with Gasteiger partial charge in [0.25, 0.3) is 0 Å². The molecule has 0 heterocycles. The SMILES string of the molecule is CCOc1ccccc1N(CCCC(=O)N(Cc1ccc(Cl)cc1)[C@H](Cc1ccccc1)C(=O)NC)S(C)(=O)=O. The van der Waals surface area contributed by atoms with Crippen molar-refractivity contribution in [1.82, 2.24) is 10.2 Å². The van der Waals surface area contributed by atoms with E-state index in [1.54, 1.807) is 48.3 Å². The number of halogens is 1. The minimum absolute atomic E-state index is 0.0404. The van der Waals surface area contributed by atoms with Crippen molar-refractivity contribution >= 4 is 39.1 Å². The molecule has 1 N–H and O–H groups in total. The smallest absolute Gasteiger partial charge is 0.242 e. The summed E-state index contributed by atoms with van der Waals surface area (Å²) in [5, 5.41) is 3.27. The van der Waals surface area contributed by atoms with Gasteiger partial charge in [-0.3, -0.25) is 13.9 Å². The number of hydrogen-bond acceptors (Lipinski definition) is 5. The number of benzene rings is 3. The van der Waals surface area contributed by atoms with Crippen LogP contribution in [0.4, 0.5) is 5.69 Å². The molecule has 40 heavy (non-hydrogen) atoms. The zero-order valence-electron chi connectivity index (χ0n) is 23.0. The van der Waals surface area contributed by atoms with Crippen molar-refractivity contribution in [3.63, 3.8) is 0 Å². The molecular formula is C30H36ClN3O5S. The van der Waals surface area contributed by atoms with Gasteiger partial charge in [0.2, 0.25) is 21.8 Å². The fourth-order valence-electron chi connectivity index (χ4n) is 4.43. The summed E-state index contributed by atoms with van der Waals surface area (Å²) in [6, 6.07) is 22.8. The molecule has 2 amide bonds. The Morgan fingerprint density at radius 1 is 0.950 bits per heavy atom. The quantitative estimate of drug-likeness (QED) is 0.297. The van der Waals surface area contributed by atoms with Crippen LogP contribution in [0.5, 0.6) is 5.75 Å². The van der Waals surface area contributed by atoms with Gasteiger partial charge < -0.3 is 15.0 Å². The highest BCUT2D eigenvalue weighted by atomic mass is 35.5. The molecule has 3 aromatic carbocycles. The van der Waals surface area contributed by atoms with Crippen LogP contribution < -0.4 is 14.4 Å². The number of para-hydroxylation sites is 2. The van der Waals surface area contributed by atoms with Gasteiger partial charge in [0.1, 0.15) is 11.8 Å². The number of carbonyl (C=O) groups is 2. The summed E-state index contributed by atoms with van der Waals surface area (Å²) < 4.78 is 32.3. The van der Waals surface area contributed by atoms with Crippen molar-refractivity contribution in [3.8, 4) is 5.75 Å². The van der Waals surface area contributed by atoms with Crippen LogP contribution in [0.25, 0.3) is 0 Å². The van der Waals surface area contributed by atoms with Gasteiger partial charge >= 0.3 is 0 Å². The number of hydrogen-bond donors (Lipinski definition) is 1. The Labute approximate surface area is 241 Å². The minimum Gasteiger partial charge on any atom is -0.492 e. The monoisotopic (exact) mass is 585 g/mol. The van der Waals surface area contributed by atoms with Crippen LogP contribution in [-0.4, -0.2) is 57.6 Å². The van der Waals surface area contributed by atoms with Crippen LogP contribution in [0, 0.1) is 0 Å². The van der Waals surface area contributed by atoms with E-state index in [1.807, 2.05) is 49.4 Å². The van der Waals surface area contributed by atoms with E-state index in [4.69, 9.17) is 16.3 Å². The van der Waals surface area contributed by atoms with Gasteiger partial charge in [-0.2, -0.15) is 0 Å². The number of carbonyl (C=O) groups excluding carboxylic acids is 2. The van der Waals surface area contributed by atoms with Crippen molar-refractivity contribution in [2.75, 3.05) is 30.8 Å². The van der Waals surface area contributed by atoms with E-state index in [2.05, 4.69) is 5.32 Å². The average molecular weight is 586 g/mol. The predicted octanol–water partition coefficient (Wildman–Crippen LogP) is 4.67. The molecule has 8 nitrogen and oxygen atoms in total. The van der Waals surface area contributed by atoms with Crippen LogP contribution in [0.2, 0.25) is 5.02 Å². The van der Waals surface area contributed by atoms with Crippen molar-refractivity contribution in [3.05, 3.63) is 95.0 Å². The first-order chi connectivity index (χ1) is 19.1. The molecule has 10 heteroatoms. The molecule has 0 bridgehead atoms. The van der Waals surface area contributed by atoms with Gasteiger partial charge in [-0.1, -0.05) is 66.2 Å². The van der Waals surface area contributed by atoms with E-state index >= 15 is 0 Å². The summed E-state index contributed by atoms with van der Waals surface area (Å²) >= 11 is 6.06. The van der Waals surface area contributed by atoms with Gasteiger partial charge in [-0.25, -0.2) is 8.42 Å². The van der Waals surface area contributed by atoms with Crippen LogP contribution in [0.1, 0.15) is 30.9 Å². The highest BCUT2D eigenvalue weighted by Gasteiger charge is 2.30. The van der Waals surface area contributed by atoms with Crippen LogP contribution in [0.15, 0.2) is 78.9 Å². The summed E-state index contributed by atoms with van der Waals surface area (Å²) in [4.78, 5) is 28.4. The lowest BCUT2D eigenvalue weighted by Gasteiger charge is -2.31. The summed E-state index contributed by atoms with van der Waals surface area (Å²) in [5.41, 5.74) is 2.16. The molecule has 0 saturated heterocycles. The Hall–Kier alpha value is -3.56. The molecule has 0 aliphatic heterocycles. The lowest BCUT2D eigenvalue weighted by atomic mass is 10.0. The molecule has 3 aromatic rings. The molecule has 0 saturated carbocycles. The number of rotatable bonds is 14. The number of nitrogens with zero attached hydrogens (tertiary/aromatic N) is 2. The number of nitrogens with one attached hydrogen (secondary N) is 1. The van der Waals surface area contributed by atoms with Crippen LogP contribution >= 0.6 is 11.6 Å². The molecule has 1 atom stereocenters. The number of sulfonamides is 1. The lowest BCUT2D eigenvalue weighted by Crippen LogP contribution is -2.49. The first-order valence-electron chi connectivity index (χ1n) is 13.1. The summed E-state index contributed by atoms with van der Waals surface area (Å²) in [7, 11) is -2.11. The number of amides is 2. The minimum atomic E-state index is -3.65. The lowest BCUT2D eigenvalue weighted by molar-refractivity contribution is -0.141. The van der Waals surface area contributed by atoms with Crippen LogP contribution in [0.3, 0.4) is 0 Å². The molecular weight excluding hydrogens is 550 g/mol. The maximum atomic E-state index is 13.7. The Balaban J connectivity index is 1.85. The molecule has 214 valence electrons. The van der Waals surface area contributed by atoms with Crippen molar-refractivity contribution < 1.29 is 22.7 Å². The largest absolute Gasteiger partial charge is 0.492 e. The zero-order chi connectivity index (χ0) is 29.1. The third-order valence-electron chi connectivity index (χ3n) is 6.37. The first-order valence-corrected chi connectivity index (χ1v) is 15.4. The fraction of sp³-hybridized carbons (Fsp3) is 0.333. The topological polar surface area (TPSA) is 96.0 Å². The van der Waals surface area contributed by atoms with Gasteiger partial charge in [-0.15, -0.1) is 0 Å². The number of anilines is 1. The molecule has 0 aromatic heterocycles. The van der Waals surface area contributed by atoms with Crippen molar-refractivity contribution in [1.29, 1.82) is 0 Å². The van der Waals surface area contributed by atoms with Gasteiger partial charge in [0, 0.05) is 38.0 Å². The molecule has 0 unspecified atom stereocenters. The molecule has 0 radical (unpaired) electrons. The maximum absolute atomic E-state index is 13.7. The molecule has 3 rings (SSSR count). The van der Waals surface area contributed by atoms with Gasteiger partial charge in [-0.05, 0) is 48.7 Å². The normalized spacial score (nSPS) is 11.9. The Morgan fingerprint density at radius 2 is 1.60 bits per heavy atom. The Kier molecular flexibility index (Phi) is 11.4. The molecule has 0 spiro atoms. The fourth-order valence-corrected chi connectivity index (χ4v) is 5.53. The third-order valence-corrected chi connectivity index (χ3v) is 7.80. The van der Waals surface area contributed by atoms with Gasteiger partial charge in [0.05, 0.1) is 18.6 Å². The van der Waals surface area contributed by atoms with Crippen molar-refractivity contribution in [2.45, 2.75) is 38.8 Å². The second-order valence-electron chi connectivity index (χ2n) is 9.31. The predicted molar refractivity (Wildman–Crippen MR) is 159 cm³/mol. The number of likely N-dealkylation sites (N-methyl/N-ethyl adjacent to an activating group) is 1. The molecule has 0 aliphatic rings. The summed E-state index contributed by atoms with van der Waals surface area (Å²) in [6.45, 7) is 2.49. The highest BCUT2D eigenvalue weighted by Crippen LogP contribution is 2.30. The second kappa shape index (κ2) is 14.7. The first kappa shape index (κ1) is 31.0. The second-order valence-corrected chi connectivity index (χ2v) is 11.7. The zero-order valence-corrected chi connectivity index (χ0v) is 24.6. The molecule has 0 fully saturated rings. The van der Waals surface area contributed by atoms with E-state index in [0.29, 0.717) is 29.5 Å². The number of ether oxygens (including phenoxy) is 1. The van der Waals surface area contributed by atoms with E-state index in [0.717, 1.165) is 17.4 Å². The summed E-state index contributed by atoms with van der Waals surface area (Å²) in [6.07, 6.45) is 1.75. The van der Waals surface area contributed by atoms with E-state index in [-0.39, 0.29) is 37.7 Å². The van der Waals surface area contributed by atoms with E-state index in [9.17, 15) is 18.0 Å².